The number of rotatable bonds is 24. The number of hydrogen-bond donors (Lipinski definition) is 2. The minimum atomic E-state index is -0.657. The topological polar surface area (TPSA) is 165 Å². The van der Waals surface area contributed by atoms with Crippen LogP contribution >= 0.6 is 0 Å². The summed E-state index contributed by atoms with van der Waals surface area (Å²) in [6.45, 7) is 42.4. The summed E-state index contributed by atoms with van der Waals surface area (Å²) in [4.78, 5) is 26.8. The van der Waals surface area contributed by atoms with Gasteiger partial charge in [0, 0.05) is 26.2 Å². The number of amides is 2. The second kappa shape index (κ2) is 31.2. The van der Waals surface area contributed by atoms with Gasteiger partial charge in [-0.25, -0.2) is 0 Å². The molecule has 3 aromatic heterocycles. The van der Waals surface area contributed by atoms with E-state index in [0.717, 1.165) is 23.5 Å². The molecule has 14 nitrogen and oxygen atoms in total. The van der Waals surface area contributed by atoms with E-state index in [1.54, 1.807) is 9.36 Å². The monoisotopic (exact) mass is 1430 g/mol. The maximum absolute atomic E-state index is 13.4. The first-order chi connectivity index (χ1) is 50.5. The van der Waals surface area contributed by atoms with Gasteiger partial charge in [-0.3, -0.25) is 19.0 Å². The summed E-state index contributed by atoms with van der Waals surface area (Å²) in [6, 6.07) is 73.3. The molecular formula is C93H109N9O5. The largest absolute Gasteiger partial charge is 0.619 e. The molecule has 0 saturated carbocycles. The van der Waals surface area contributed by atoms with Crippen LogP contribution in [0.15, 0.2) is 225 Å². The van der Waals surface area contributed by atoms with Gasteiger partial charge in [0.1, 0.15) is 47.2 Å². The lowest BCUT2D eigenvalue weighted by Gasteiger charge is -2.38. The van der Waals surface area contributed by atoms with Crippen LogP contribution in [-0.2, 0) is 69.6 Å². The molecule has 0 spiro atoms. The lowest BCUT2D eigenvalue weighted by molar-refractivity contribution is -0.605. The van der Waals surface area contributed by atoms with Gasteiger partial charge in [-0.05, 0) is 154 Å². The van der Waals surface area contributed by atoms with Crippen molar-refractivity contribution in [2.75, 3.05) is 13.1 Å². The summed E-state index contributed by atoms with van der Waals surface area (Å²) in [7, 11) is 0. The van der Waals surface area contributed by atoms with Crippen molar-refractivity contribution in [2.24, 2.45) is 0 Å². The summed E-state index contributed by atoms with van der Waals surface area (Å²) < 4.78 is 16.7. The fourth-order valence-electron chi connectivity index (χ4n) is 14.2. The summed E-state index contributed by atoms with van der Waals surface area (Å²) in [5.74, 6) is 0.440. The van der Waals surface area contributed by atoms with Gasteiger partial charge in [-0.15, -0.1) is 10.2 Å². The van der Waals surface area contributed by atoms with Gasteiger partial charge in [0.25, 0.3) is 11.8 Å². The molecule has 0 unspecified atom stereocenters. The van der Waals surface area contributed by atoms with Crippen molar-refractivity contribution in [1.82, 2.24) is 40.6 Å². The summed E-state index contributed by atoms with van der Waals surface area (Å²) in [6.07, 6.45) is 7.04. The Kier molecular flexibility index (Phi) is 22.6. The van der Waals surface area contributed by atoms with E-state index in [1.165, 1.54) is 72.8 Å². The molecule has 0 saturated heterocycles. The van der Waals surface area contributed by atoms with E-state index in [2.05, 4.69) is 326 Å². The Labute approximate surface area is 635 Å². The maximum Gasteiger partial charge on any atom is 0.257 e. The van der Waals surface area contributed by atoms with Crippen LogP contribution in [0.4, 0.5) is 0 Å². The number of nitrogens with one attached hydrogen (secondary N) is 2. The molecule has 0 bridgehead atoms. The van der Waals surface area contributed by atoms with Crippen LogP contribution in [0.2, 0.25) is 0 Å². The van der Waals surface area contributed by atoms with E-state index in [-0.39, 0.29) is 69.9 Å². The predicted octanol–water partition coefficient (Wildman–Crippen LogP) is 18.9. The molecule has 0 radical (unpaired) electrons. The Morgan fingerprint density at radius 2 is 0.561 bits per heavy atom. The normalized spacial score (nSPS) is 12.6. The van der Waals surface area contributed by atoms with E-state index >= 15 is 0 Å². The van der Waals surface area contributed by atoms with Crippen LogP contribution in [0.1, 0.15) is 247 Å². The summed E-state index contributed by atoms with van der Waals surface area (Å²) in [5.41, 5.74) is 17.0. The minimum Gasteiger partial charge on any atom is -0.619 e. The predicted molar refractivity (Wildman–Crippen MR) is 430 cm³/mol. The number of benzene rings is 8. The van der Waals surface area contributed by atoms with Gasteiger partial charge in [-0.2, -0.15) is 4.73 Å². The fourth-order valence-corrected chi connectivity index (χ4v) is 14.2. The molecule has 8 aromatic carbocycles. The van der Waals surface area contributed by atoms with Gasteiger partial charge in [0.15, 0.2) is 12.4 Å². The second-order valence-electron chi connectivity index (χ2n) is 34.9. The highest BCUT2D eigenvalue weighted by Gasteiger charge is 2.41. The van der Waals surface area contributed by atoms with Crippen LogP contribution in [0.3, 0.4) is 0 Å². The molecule has 14 heteroatoms. The van der Waals surface area contributed by atoms with E-state index in [9.17, 15) is 14.8 Å². The van der Waals surface area contributed by atoms with Crippen molar-refractivity contribution < 1.29 is 23.8 Å². The Bertz CT molecular complexity index is 4220. The highest BCUT2D eigenvalue weighted by atomic mass is 16.5. The third-order valence-electron chi connectivity index (χ3n) is 20.7. The third-order valence-corrected chi connectivity index (χ3v) is 20.7. The first-order valence-electron chi connectivity index (χ1n) is 37.7. The number of aromatic nitrogens is 7. The average Bonchev–Trinajstić information content (AvgIpc) is 1.22. The molecule has 0 aliphatic rings. The standard InChI is InChI=1S/C93H109N9O5/c1-86(2,3)66-21-33-72(34-22-66)92(73-35-23-67(24-36-73)87(4,5)6,74-37-25-68(26-38-74)88(7,8)9)78-45-49-82(50-46-78)106-62-80-60-100(98-96-80)55-19-53-94-84(103)64-57-65(59-102(105)58-64)85(104)95-54-20-56-101-61-81(97-99-101)63-107-83-51-47-79(48-52-83)93(75-39-27-69(28-40-75)89(10,11)12,76-41-29-70(30-42-76)90(13,14)15)77-43-31-71(32-44-77)91(16,17)18/h21-52,57-61H,19-20,53-56,62-63H2,1-18H3,(H,94,103)(H,95,104). The zero-order chi connectivity index (χ0) is 76.9. The Morgan fingerprint density at radius 1 is 0.346 bits per heavy atom. The molecule has 107 heavy (non-hydrogen) atoms. The molecule has 11 rings (SSSR count). The molecule has 3 heterocycles. The van der Waals surface area contributed by atoms with E-state index in [0.29, 0.717) is 53.5 Å². The molecule has 556 valence electrons. The lowest BCUT2D eigenvalue weighted by atomic mass is 9.64. The van der Waals surface area contributed by atoms with Crippen molar-refractivity contribution in [1.29, 1.82) is 0 Å². The SMILES string of the molecule is CC(C)(C)c1ccc(C(c2ccc(OCc3cn(CCCNC(=O)c4cc(C(=O)NCCCn5cc(COc6ccc(C(c7ccc(C(C)(C)C)cc7)(c7ccc(C(C)(C)C)cc7)c7ccc(C(C)(C)C)cc7)cc6)nn5)c[n+]([O-])c4)nn3)cc2)(c2ccc(C(C)(C)C)cc2)c2ccc(C(C)(C)C)cc2)cc1. The van der Waals surface area contributed by atoms with E-state index in [4.69, 9.17) is 9.47 Å². The van der Waals surface area contributed by atoms with Crippen LogP contribution in [0, 0.1) is 5.21 Å². The summed E-state index contributed by atoms with van der Waals surface area (Å²) in [5, 5.41) is 36.0. The summed E-state index contributed by atoms with van der Waals surface area (Å²) >= 11 is 0. The van der Waals surface area contributed by atoms with Crippen molar-refractivity contribution in [2.45, 2.75) is 207 Å². The van der Waals surface area contributed by atoms with Gasteiger partial charge in [0.05, 0.1) is 23.2 Å². The number of aryl methyl sites for hydroxylation is 2. The Balaban J connectivity index is 0.670. The first-order valence-corrected chi connectivity index (χ1v) is 37.7. The highest BCUT2D eigenvalue weighted by molar-refractivity contribution is 5.98. The van der Waals surface area contributed by atoms with Crippen molar-refractivity contribution >= 4 is 11.8 Å². The van der Waals surface area contributed by atoms with Gasteiger partial charge >= 0.3 is 0 Å². The van der Waals surface area contributed by atoms with Gasteiger partial charge in [-0.1, -0.05) is 305 Å². The third kappa shape index (κ3) is 18.0. The van der Waals surface area contributed by atoms with Crippen molar-refractivity contribution in [3.05, 3.63) is 331 Å². The molecule has 0 atom stereocenters. The maximum atomic E-state index is 13.4. The molecule has 0 aliphatic carbocycles. The van der Waals surface area contributed by atoms with E-state index in [1.807, 2.05) is 36.7 Å². The lowest BCUT2D eigenvalue weighted by Crippen LogP contribution is -2.34. The van der Waals surface area contributed by atoms with Gasteiger partial charge in [0.2, 0.25) is 0 Å². The Hall–Kier alpha value is -10.5. The zero-order valence-electron chi connectivity index (χ0n) is 66.2. The molecule has 0 aliphatic heterocycles. The highest BCUT2D eigenvalue weighted by Crippen LogP contribution is 2.49. The first kappa shape index (κ1) is 77.6. The van der Waals surface area contributed by atoms with Crippen molar-refractivity contribution in [3.8, 4) is 11.5 Å². The van der Waals surface area contributed by atoms with Gasteiger partial charge < -0.3 is 25.3 Å². The van der Waals surface area contributed by atoms with Crippen LogP contribution < -0.4 is 24.8 Å². The zero-order valence-corrected chi connectivity index (χ0v) is 66.2. The number of pyridine rings is 1. The number of ether oxygens (including phenoxy) is 2. The quantitative estimate of drug-likeness (QED) is 0.0259. The second-order valence-corrected chi connectivity index (χ2v) is 34.9. The molecule has 0 fully saturated rings. The molecule has 2 amide bonds. The fraction of sp³-hybridized carbons (Fsp3) is 0.366. The average molecular weight is 1430 g/mol. The number of hydrogen-bond acceptors (Lipinski definition) is 9. The minimum absolute atomic E-state index is 0.00797. The number of nitrogens with zero attached hydrogens (tertiary/aromatic N) is 7. The van der Waals surface area contributed by atoms with E-state index < -0.39 is 22.6 Å². The smallest absolute Gasteiger partial charge is 0.257 e. The molecular weight excluding hydrogens is 1320 g/mol. The number of carbonyl (C=O) groups excluding carboxylic acids is 2. The van der Waals surface area contributed by atoms with Crippen LogP contribution in [-0.4, -0.2) is 54.9 Å². The number of carbonyl (C=O) groups is 2. The van der Waals surface area contributed by atoms with Crippen LogP contribution in [0.5, 0.6) is 11.5 Å². The molecule has 2 N–H and O–H groups in total. The van der Waals surface area contributed by atoms with Crippen LogP contribution in [0.25, 0.3) is 0 Å². The van der Waals surface area contributed by atoms with Crippen molar-refractivity contribution in [3.63, 3.8) is 0 Å². The molecule has 11 aromatic rings. The Morgan fingerprint density at radius 3 is 0.785 bits per heavy atom.